The summed E-state index contributed by atoms with van der Waals surface area (Å²) in [6.07, 6.45) is 22.6. The fraction of sp³-hybridized carbons (Fsp3) is 0.724. The number of ether oxygens (including phenoxy) is 1. The van der Waals surface area contributed by atoms with Gasteiger partial charge >= 0.3 is 0 Å². The third kappa shape index (κ3) is 5.58. The van der Waals surface area contributed by atoms with Crippen LogP contribution in [0.2, 0.25) is 0 Å². The third-order valence-corrected chi connectivity index (χ3v) is 8.54. The molecule has 5 unspecified atom stereocenters. The van der Waals surface area contributed by atoms with Crippen molar-refractivity contribution in [1.29, 1.82) is 0 Å². The summed E-state index contributed by atoms with van der Waals surface area (Å²) in [5.41, 5.74) is 4.93. The van der Waals surface area contributed by atoms with Crippen molar-refractivity contribution in [3.63, 3.8) is 0 Å². The van der Waals surface area contributed by atoms with Crippen molar-refractivity contribution >= 4 is 0 Å². The lowest BCUT2D eigenvalue weighted by atomic mass is 9.62. The van der Waals surface area contributed by atoms with Crippen LogP contribution in [0.25, 0.3) is 0 Å². The number of rotatable bonds is 8. The Kier molecular flexibility index (Phi) is 8.10. The summed E-state index contributed by atoms with van der Waals surface area (Å²) < 4.78 is 6.11. The lowest BCUT2D eigenvalue weighted by Gasteiger charge is -2.45. The number of allylic oxidation sites excluding steroid dienone is 1. The minimum atomic E-state index is 0.520. The predicted octanol–water partition coefficient (Wildman–Crippen LogP) is 7.70. The zero-order valence-electron chi connectivity index (χ0n) is 19.6. The summed E-state index contributed by atoms with van der Waals surface area (Å²) in [7, 11) is 0. The SMILES string of the molecule is CC=CCOC1CCC2CC(C3CCc4cc(CCCCC)ccc4C3)CCC2C1. The standard InChI is InChI=1S/C29H44O/c1-3-5-7-8-22-9-10-24-19-25(12-11-23(24)18-22)26-13-14-28-21-29(30-17-6-4-2)16-15-27(28)20-26/h4,6,9-10,18,25-29H,3,5,7-8,11-17,19-21H2,1-2H3. The maximum absolute atomic E-state index is 6.11. The van der Waals surface area contributed by atoms with Crippen LogP contribution < -0.4 is 0 Å². The first-order chi connectivity index (χ1) is 14.8. The van der Waals surface area contributed by atoms with Crippen LogP contribution in [-0.4, -0.2) is 12.7 Å². The molecule has 0 radical (unpaired) electrons. The molecule has 3 aliphatic carbocycles. The Balaban J connectivity index is 1.28. The Labute approximate surface area is 185 Å². The van der Waals surface area contributed by atoms with E-state index in [-0.39, 0.29) is 0 Å². The van der Waals surface area contributed by atoms with E-state index in [1.165, 1.54) is 83.5 Å². The Bertz CT molecular complexity index is 690. The quantitative estimate of drug-likeness (QED) is 0.316. The van der Waals surface area contributed by atoms with Gasteiger partial charge in [0.15, 0.2) is 0 Å². The fourth-order valence-electron chi connectivity index (χ4n) is 6.72. The van der Waals surface area contributed by atoms with Gasteiger partial charge in [-0.2, -0.15) is 0 Å². The number of aryl methyl sites for hydroxylation is 2. The molecule has 30 heavy (non-hydrogen) atoms. The van der Waals surface area contributed by atoms with Crippen LogP contribution in [0.1, 0.15) is 94.7 Å². The molecule has 4 rings (SSSR count). The van der Waals surface area contributed by atoms with Gasteiger partial charge < -0.3 is 4.74 Å². The molecule has 2 fully saturated rings. The van der Waals surface area contributed by atoms with Gasteiger partial charge in [-0.3, -0.25) is 0 Å². The summed E-state index contributed by atoms with van der Waals surface area (Å²) in [5, 5.41) is 0. The molecule has 166 valence electrons. The molecule has 1 aromatic carbocycles. The van der Waals surface area contributed by atoms with Crippen LogP contribution in [0.3, 0.4) is 0 Å². The first kappa shape index (κ1) is 22.1. The monoisotopic (exact) mass is 408 g/mol. The zero-order chi connectivity index (χ0) is 20.8. The second-order valence-corrected chi connectivity index (χ2v) is 10.5. The molecule has 2 saturated carbocycles. The van der Waals surface area contributed by atoms with Crippen LogP contribution in [0.5, 0.6) is 0 Å². The van der Waals surface area contributed by atoms with E-state index in [4.69, 9.17) is 4.74 Å². The summed E-state index contributed by atoms with van der Waals surface area (Å²) in [5.74, 6) is 3.83. The Morgan fingerprint density at radius 1 is 0.900 bits per heavy atom. The molecule has 0 aliphatic heterocycles. The smallest absolute Gasteiger partial charge is 0.0651 e. The number of benzene rings is 1. The molecule has 0 heterocycles. The van der Waals surface area contributed by atoms with Crippen molar-refractivity contribution in [1.82, 2.24) is 0 Å². The number of unbranched alkanes of at least 4 members (excludes halogenated alkanes) is 2. The van der Waals surface area contributed by atoms with Crippen molar-refractivity contribution in [2.24, 2.45) is 23.7 Å². The highest BCUT2D eigenvalue weighted by atomic mass is 16.5. The van der Waals surface area contributed by atoms with Gasteiger partial charge in [0.05, 0.1) is 12.7 Å². The fourth-order valence-corrected chi connectivity index (χ4v) is 6.72. The molecule has 1 nitrogen and oxygen atoms in total. The first-order valence-electron chi connectivity index (χ1n) is 13.1. The highest BCUT2D eigenvalue weighted by Gasteiger charge is 2.38. The summed E-state index contributed by atoms with van der Waals surface area (Å²) in [6, 6.07) is 7.47. The van der Waals surface area contributed by atoms with Crippen LogP contribution in [0, 0.1) is 23.7 Å². The van der Waals surface area contributed by atoms with Crippen molar-refractivity contribution in [3.8, 4) is 0 Å². The largest absolute Gasteiger partial charge is 0.374 e. The molecule has 1 aromatic rings. The van der Waals surface area contributed by atoms with Gasteiger partial charge in [-0.25, -0.2) is 0 Å². The Morgan fingerprint density at radius 2 is 1.70 bits per heavy atom. The van der Waals surface area contributed by atoms with Gasteiger partial charge in [0.2, 0.25) is 0 Å². The molecule has 0 N–H and O–H groups in total. The lowest BCUT2D eigenvalue weighted by molar-refractivity contribution is -0.0138. The lowest BCUT2D eigenvalue weighted by Crippen LogP contribution is -2.37. The van der Waals surface area contributed by atoms with Gasteiger partial charge in [0.25, 0.3) is 0 Å². The van der Waals surface area contributed by atoms with Gasteiger partial charge in [-0.1, -0.05) is 50.1 Å². The average molecular weight is 409 g/mol. The summed E-state index contributed by atoms with van der Waals surface area (Å²) in [6.45, 7) is 5.19. The van der Waals surface area contributed by atoms with Crippen molar-refractivity contribution < 1.29 is 4.74 Å². The van der Waals surface area contributed by atoms with E-state index in [2.05, 4.69) is 44.2 Å². The molecule has 0 amide bonds. The van der Waals surface area contributed by atoms with E-state index >= 15 is 0 Å². The molecular formula is C29H44O. The second-order valence-electron chi connectivity index (χ2n) is 10.5. The van der Waals surface area contributed by atoms with E-state index in [9.17, 15) is 0 Å². The molecular weight excluding hydrogens is 364 g/mol. The second kappa shape index (κ2) is 11.0. The number of fused-ring (bicyclic) bond motifs is 2. The highest BCUT2D eigenvalue weighted by molar-refractivity contribution is 5.34. The summed E-state index contributed by atoms with van der Waals surface area (Å²) in [4.78, 5) is 0. The molecule has 0 saturated heterocycles. The van der Waals surface area contributed by atoms with E-state index in [0.29, 0.717) is 6.10 Å². The molecule has 5 atom stereocenters. The minimum Gasteiger partial charge on any atom is -0.374 e. The van der Waals surface area contributed by atoms with Crippen molar-refractivity contribution in [2.75, 3.05) is 6.61 Å². The molecule has 1 heteroatoms. The molecule has 3 aliphatic rings. The minimum absolute atomic E-state index is 0.520. The van der Waals surface area contributed by atoms with Gasteiger partial charge in [0.1, 0.15) is 0 Å². The van der Waals surface area contributed by atoms with Gasteiger partial charge in [-0.15, -0.1) is 0 Å². The average Bonchev–Trinajstić information content (AvgIpc) is 2.78. The van der Waals surface area contributed by atoms with Crippen LogP contribution >= 0.6 is 0 Å². The Morgan fingerprint density at radius 3 is 2.53 bits per heavy atom. The first-order valence-corrected chi connectivity index (χ1v) is 13.1. The molecule has 0 aromatic heterocycles. The van der Waals surface area contributed by atoms with E-state index < -0.39 is 0 Å². The topological polar surface area (TPSA) is 9.23 Å². The maximum atomic E-state index is 6.11. The van der Waals surface area contributed by atoms with E-state index in [1.54, 1.807) is 16.7 Å². The van der Waals surface area contributed by atoms with Crippen LogP contribution in [-0.2, 0) is 24.0 Å². The molecule has 0 spiro atoms. The maximum Gasteiger partial charge on any atom is 0.0651 e. The van der Waals surface area contributed by atoms with Crippen LogP contribution in [0.4, 0.5) is 0 Å². The van der Waals surface area contributed by atoms with Crippen LogP contribution in [0.15, 0.2) is 30.4 Å². The van der Waals surface area contributed by atoms with Crippen molar-refractivity contribution in [3.05, 3.63) is 47.0 Å². The normalized spacial score (nSPS) is 31.5. The number of hydrogen-bond acceptors (Lipinski definition) is 1. The third-order valence-electron chi connectivity index (χ3n) is 8.54. The Hall–Kier alpha value is -1.08. The predicted molar refractivity (Wildman–Crippen MR) is 128 cm³/mol. The number of hydrogen-bond donors (Lipinski definition) is 0. The summed E-state index contributed by atoms with van der Waals surface area (Å²) >= 11 is 0. The van der Waals surface area contributed by atoms with Gasteiger partial charge in [0, 0.05) is 0 Å². The highest BCUT2D eigenvalue weighted by Crippen LogP contribution is 2.47. The molecule has 0 bridgehead atoms. The van der Waals surface area contributed by atoms with E-state index in [0.717, 1.165) is 30.3 Å². The zero-order valence-corrected chi connectivity index (χ0v) is 19.6. The van der Waals surface area contributed by atoms with Crippen molar-refractivity contribution in [2.45, 2.75) is 103 Å². The van der Waals surface area contributed by atoms with E-state index in [1.807, 2.05) is 0 Å². The van der Waals surface area contributed by atoms with Gasteiger partial charge in [-0.05, 0) is 118 Å².